The number of carbonyl (C=O) groups is 1. The molecule has 0 unspecified atom stereocenters. The third-order valence-corrected chi connectivity index (χ3v) is 2.04. The summed E-state index contributed by atoms with van der Waals surface area (Å²) >= 11 is 0. The first-order valence-corrected chi connectivity index (χ1v) is 4.19. The summed E-state index contributed by atoms with van der Waals surface area (Å²) in [5.41, 5.74) is 0.964. The van der Waals surface area contributed by atoms with E-state index < -0.39 is 0 Å². The van der Waals surface area contributed by atoms with Crippen molar-refractivity contribution in [2.75, 3.05) is 6.54 Å². The van der Waals surface area contributed by atoms with Crippen LogP contribution in [-0.4, -0.2) is 18.4 Å². The molecule has 0 aromatic carbocycles. The van der Waals surface area contributed by atoms with Crippen molar-refractivity contribution in [1.29, 1.82) is 0 Å². The maximum Gasteiger partial charge on any atom is 0.159 e. The Morgan fingerprint density at radius 1 is 1.82 bits per heavy atom. The maximum absolute atomic E-state index is 11.2. The third kappa shape index (κ3) is 2.15. The van der Waals surface area contributed by atoms with E-state index in [1.165, 1.54) is 0 Å². The van der Waals surface area contributed by atoms with Crippen molar-refractivity contribution in [3.63, 3.8) is 0 Å². The number of hydrogen-bond donors (Lipinski definition) is 1. The van der Waals surface area contributed by atoms with Crippen LogP contribution in [0.25, 0.3) is 0 Å². The Bertz CT molecular complexity index is 184. The third-order valence-electron chi connectivity index (χ3n) is 2.04. The fourth-order valence-corrected chi connectivity index (χ4v) is 1.20. The lowest BCUT2D eigenvalue weighted by Gasteiger charge is -2.18. The minimum Gasteiger partial charge on any atom is -0.310 e. The molecule has 1 N–H and O–H groups in total. The molecule has 0 saturated carbocycles. The van der Waals surface area contributed by atoms with Crippen LogP contribution in [0.15, 0.2) is 11.6 Å². The van der Waals surface area contributed by atoms with Crippen molar-refractivity contribution in [1.82, 2.24) is 5.32 Å². The first kappa shape index (κ1) is 8.47. The molecule has 1 rings (SSSR count). The smallest absolute Gasteiger partial charge is 0.159 e. The van der Waals surface area contributed by atoms with Crippen LogP contribution in [0.1, 0.15) is 26.7 Å². The maximum atomic E-state index is 11.2. The molecule has 0 amide bonds. The predicted molar refractivity (Wildman–Crippen MR) is 45.5 cm³/mol. The number of rotatable bonds is 2. The summed E-state index contributed by atoms with van der Waals surface area (Å²) in [7, 11) is 0. The fourth-order valence-electron chi connectivity index (χ4n) is 1.20. The van der Waals surface area contributed by atoms with Crippen molar-refractivity contribution >= 4 is 5.78 Å². The molecule has 1 aliphatic rings. The molecule has 2 heteroatoms. The number of Topliss-reactive ketones (excluding diaryl/α,β-unsaturated/α-hetero) is 1. The van der Waals surface area contributed by atoms with Crippen molar-refractivity contribution < 1.29 is 4.79 Å². The van der Waals surface area contributed by atoms with Gasteiger partial charge in [0, 0.05) is 24.6 Å². The number of hydrogen-bond acceptors (Lipinski definition) is 2. The van der Waals surface area contributed by atoms with Crippen LogP contribution < -0.4 is 5.32 Å². The van der Waals surface area contributed by atoms with Gasteiger partial charge in [-0.15, -0.1) is 0 Å². The summed E-state index contributed by atoms with van der Waals surface area (Å²) in [6, 6.07) is 0.531. The molecule has 1 heterocycles. The van der Waals surface area contributed by atoms with Crippen LogP contribution in [0, 0.1) is 0 Å². The molecule has 1 aliphatic heterocycles. The van der Waals surface area contributed by atoms with Gasteiger partial charge in [-0.05, 0) is 13.3 Å². The van der Waals surface area contributed by atoms with Gasteiger partial charge < -0.3 is 5.32 Å². The van der Waals surface area contributed by atoms with E-state index in [4.69, 9.17) is 0 Å². The lowest BCUT2D eigenvalue weighted by molar-refractivity contribution is -0.115. The highest BCUT2D eigenvalue weighted by Gasteiger charge is 2.12. The van der Waals surface area contributed by atoms with Gasteiger partial charge in [0.2, 0.25) is 0 Å². The average molecular weight is 153 g/mol. The largest absolute Gasteiger partial charge is 0.310 e. The highest BCUT2D eigenvalue weighted by molar-refractivity contribution is 5.95. The summed E-state index contributed by atoms with van der Waals surface area (Å²) in [5.74, 6) is 0.282. The van der Waals surface area contributed by atoms with Crippen LogP contribution in [-0.2, 0) is 4.79 Å². The molecule has 0 spiro atoms. The second-order valence-corrected chi connectivity index (χ2v) is 3.02. The standard InChI is InChI=1S/C9H15NO/c1-3-9(11)8-5-4-7(2)10-6-8/h5,7,10H,3-4,6H2,1-2H3/t7-/m1/s1. The molecule has 0 fully saturated rings. The summed E-state index contributed by atoms with van der Waals surface area (Å²) in [6.45, 7) is 4.79. The fraction of sp³-hybridized carbons (Fsp3) is 0.667. The monoisotopic (exact) mass is 153 g/mol. The SMILES string of the molecule is CCC(=O)C1=CC[C@@H](C)NC1. The minimum atomic E-state index is 0.282. The van der Waals surface area contributed by atoms with E-state index in [2.05, 4.69) is 18.3 Å². The highest BCUT2D eigenvalue weighted by atomic mass is 16.1. The van der Waals surface area contributed by atoms with Crippen molar-refractivity contribution in [3.05, 3.63) is 11.6 Å². The lowest BCUT2D eigenvalue weighted by Crippen LogP contribution is -2.33. The number of ketones is 1. The van der Waals surface area contributed by atoms with E-state index in [1.807, 2.05) is 6.92 Å². The van der Waals surface area contributed by atoms with Gasteiger partial charge in [-0.25, -0.2) is 0 Å². The van der Waals surface area contributed by atoms with E-state index in [-0.39, 0.29) is 5.78 Å². The normalized spacial score (nSPS) is 24.5. The zero-order chi connectivity index (χ0) is 8.27. The van der Waals surface area contributed by atoms with Gasteiger partial charge in [0.05, 0.1) is 0 Å². The van der Waals surface area contributed by atoms with Crippen LogP contribution in [0.2, 0.25) is 0 Å². The molecule has 0 bridgehead atoms. The molecule has 62 valence electrons. The van der Waals surface area contributed by atoms with E-state index >= 15 is 0 Å². The summed E-state index contributed by atoms with van der Waals surface area (Å²) in [5, 5.41) is 3.26. The Kier molecular flexibility index (Phi) is 2.83. The molecule has 11 heavy (non-hydrogen) atoms. The Labute approximate surface area is 67.7 Å². The van der Waals surface area contributed by atoms with E-state index in [1.54, 1.807) is 0 Å². The molecular formula is C9H15NO. The molecular weight excluding hydrogens is 138 g/mol. The number of carbonyl (C=O) groups excluding carboxylic acids is 1. The molecule has 1 atom stereocenters. The highest BCUT2D eigenvalue weighted by Crippen LogP contribution is 2.08. The van der Waals surface area contributed by atoms with Crippen molar-refractivity contribution in [3.8, 4) is 0 Å². The topological polar surface area (TPSA) is 29.1 Å². The van der Waals surface area contributed by atoms with E-state index in [0.717, 1.165) is 18.5 Å². The average Bonchev–Trinajstić information content (AvgIpc) is 2.05. The Hall–Kier alpha value is -0.630. The zero-order valence-corrected chi connectivity index (χ0v) is 7.18. The summed E-state index contributed by atoms with van der Waals surface area (Å²) in [6.07, 6.45) is 3.68. The van der Waals surface area contributed by atoms with Gasteiger partial charge >= 0.3 is 0 Å². The zero-order valence-electron chi connectivity index (χ0n) is 7.18. The second kappa shape index (κ2) is 3.67. The molecule has 0 aliphatic carbocycles. The van der Waals surface area contributed by atoms with Gasteiger partial charge in [-0.2, -0.15) is 0 Å². The van der Waals surface area contributed by atoms with Crippen LogP contribution >= 0.6 is 0 Å². The summed E-state index contributed by atoms with van der Waals surface area (Å²) < 4.78 is 0. The summed E-state index contributed by atoms with van der Waals surface area (Å²) in [4.78, 5) is 11.2. The molecule has 0 aromatic heterocycles. The molecule has 0 saturated heterocycles. The van der Waals surface area contributed by atoms with Gasteiger partial charge in [-0.1, -0.05) is 13.0 Å². The van der Waals surface area contributed by atoms with Gasteiger partial charge in [0.25, 0.3) is 0 Å². The van der Waals surface area contributed by atoms with Gasteiger partial charge in [0.1, 0.15) is 0 Å². The van der Waals surface area contributed by atoms with Crippen LogP contribution in [0.3, 0.4) is 0 Å². The predicted octanol–water partition coefficient (Wildman–Crippen LogP) is 1.27. The lowest BCUT2D eigenvalue weighted by atomic mass is 10.0. The first-order valence-electron chi connectivity index (χ1n) is 4.19. The van der Waals surface area contributed by atoms with Crippen molar-refractivity contribution in [2.45, 2.75) is 32.7 Å². The van der Waals surface area contributed by atoms with E-state index in [0.29, 0.717) is 12.5 Å². The second-order valence-electron chi connectivity index (χ2n) is 3.02. The molecule has 0 radical (unpaired) electrons. The molecule has 0 aromatic rings. The quantitative estimate of drug-likeness (QED) is 0.647. The minimum absolute atomic E-state index is 0.282. The van der Waals surface area contributed by atoms with Crippen LogP contribution in [0.5, 0.6) is 0 Å². The Balaban J connectivity index is 2.54. The Morgan fingerprint density at radius 2 is 2.55 bits per heavy atom. The van der Waals surface area contributed by atoms with Crippen LogP contribution in [0.4, 0.5) is 0 Å². The first-order chi connectivity index (χ1) is 5.24. The number of nitrogens with one attached hydrogen (secondary N) is 1. The molecule has 2 nitrogen and oxygen atoms in total. The van der Waals surface area contributed by atoms with Gasteiger partial charge in [0.15, 0.2) is 5.78 Å². The van der Waals surface area contributed by atoms with Gasteiger partial charge in [-0.3, -0.25) is 4.79 Å². The van der Waals surface area contributed by atoms with Crippen molar-refractivity contribution in [2.24, 2.45) is 0 Å². The van der Waals surface area contributed by atoms with E-state index in [9.17, 15) is 4.79 Å². The Morgan fingerprint density at radius 3 is 3.00 bits per heavy atom.